The third-order valence-electron chi connectivity index (χ3n) is 5.47. The number of hydrogen-bond acceptors (Lipinski definition) is 3. The second kappa shape index (κ2) is 7.58. The van der Waals surface area contributed by atoms with Gasteiger partial charge in [0.05, 0.1) is 12.1 Å². The zero-order chi connectivity index (χ0) is 15.4. The molecule has 1 aliphatic carbocycles. The molecule has 3 rings (SSSR count). The Labute approximate surface area is 135 Å². The molecule has 0 N–H and O–H groups in total. The van der Waals surface area contributed by atoms with Gasteiger partial charge in [0.1, 0.15) is 0 Å². The standard InChI is InChI=1S/C19H30N2O/c1-20(15-16-9-4-3-5-10-16)17-11-8-12-18(22-2)19(17)21-13-6-7-14-21/h3-5,9-10,17-19H,6-8,11-15H2,1-2H3. The van der Waals surface area contributed by atoms with E-state index in [0.29, 0.717) is 18.2 Å². The first-order valence-corrected chi connectivity index (χ1v) is 8.80. The molecule has 2 aliphatic rings. The van der Waals surface area contributed by atoms with Gasteiger partial charge in [0.25, 0.3) is 0 Å². The zero-order valence-corrected chi connectivity index (χ0v) is 14.1. The number of ether oxygens (including phenoxy) is 1. The minimum absolute atomic E-state index is 0.398. The van der Waals surface area contributed by atoms with Crippen molar-refractivity contribution in [1.82, 2.24) is 9.80 Å². The zero-order valence-electron chi connectivity index (χ0n) is 14.1. The van der Waals surface area contributed by atoms with Gasteiger partial charge in [0.15, 0.2) is 0 Å². The lowest BCUT2D eigenvalue weighted by Gasteiger charge is -2.46. The molecule has 22 heavy (non-hydrogen) atoms. The lowest BCUT2D eigenvalue weighted by Crippen LogP contribution is -2.57. The Kier molecular flexibility index (Phi) is 5.51. The quantitative estimate of drug-likeness (QED) is 0.831. The van der Waals surface area contributed by atoms with Crippen molar-refractivity contribution in [3.8, 4) is 0 Å². The molecule has 3 nitrogen and oxygen atoms in total. The largest absolute Gasteiger partial charge is 0.380 e. The summed E-state index contributed by atoms with van der Waals surface area (Å²) in [5, 5.41) is 0. The van der Waals surface area contributed by atoms with Crippen LogP contribution in [0.5, 0.6) is 0 Å². The van der Waals surface area contributed by atoms with Gasteiger partial charge < -0.3 is 4.74 Å². The summed E-state index contributed by atoms with van der Waals surface area (Å²) in [5.41, 5.74) is 1.41. The van der Waals surface area contributed by atoms with Crippen molar-refractivity contribution in [1.29, 1.82) is 0 Å². The highest BCUT2D eigenvalue weighted by atomic mass is 16.5. The number of hydrogen-bond donors (Lipinski definition) is 0. The molecule has 0 radical (unpaired) electrons. The number of rotatable bonds is 5. The minimum Gasteiger partial charge on any atom is -0.380 e. The van der Waals surface area contributed by atoms with Crippen LogP contribution in [0.25, 0.3) is 0 Å². The molecular formula is C19H30N2O. The summed E-state index contributed by atoms with van der Waals surface area (Å²) >= 11 is 0. The van der Waals surface area contributed by atoms with E-state index in [1.807, 2.05) is 7.11 Å². The number of likely N-dealkylation sites (N-methyl/N-ethyl adjacent to an activating group) is 1. The van der Waals surface area contributed by atoms with Gasteiger partial charge in [-0.25, -0.2) is 0 Å². The van der Waals surface area contributed by atoms with E-state index in [9.17, 15) is 0 Å². The van der Waals surface area contributed by atoms with Crippen LogP contribution in [0.4, 0.5) is 0 Å². The number of likely N-dealkylation sites (tertiary alicyclic amines) is 1. The summed E-state index contributed by atoms with van der Waals surface area (Å²) in [4.78, 5) is 5.25. The fourth-order valence-corrected chi connectivity index (χ4v) is 4.36. The van der Waals surface area contributed by atoms with Crippen molar-refractivity contribution in [2.45, 2.75) is 56.8 Å². The molecular weight excluding hydrogens is 272 g/mol. The van der Waals surface area contributed by atoms with Gasteiger partial charge in [-0.3, -0.25) is 9.80 Å². The SMILES string of the molecule is COC1CCCC(N(C)Cc2ccccc2)C1N1CCCC1. The summed E-state index contributed by atoms with van der Waals surface area (Å²) in [5.74, 6) is 0. The van der Waals surface area contributed by atoms with Crippen LogP contribution in [0.1, 0.15) is 37.7 Å². The van der Waals surface area contributed by atoms with E-state index in [1.54, 1.807) is 0 Å². The Morgan fingerprint density at radius 2 is 1.82 bits per heavy atom. The van der Waals surface area contributed by atoms with Crippen LogP contribution < -0.4 is 0 Å². The molecule has 1 saturated heterocycles. The lowest BCUT2D eigenvalue weighted by molar-refractivity contribution is -0.0452. The smallest absolute Gasteiger partial charge is 0.0741 e. The molecule has 1 saturated carbocycles. The minimum atomic E-state index is 0.398. The Hall–Kier alpha value is -0.900. The van der Waals surface area contributed by atoms with Crippen LogP contribution in [0.15, 0.2) is 30.3 Å². The molecule has 2 fully saturated rings. The van der Waals surface area contributed by atoms with Gasteiger partial charge in [0, 0.05) is 19.7 Å². The maximum absolute atomic E-state index is 5.88. The van der Waals surface area contributed by atoms with Crippen LogP contribution in [0.2, 0.25) is 0 Å². The molecule has 3 heteroatoms. The van der Waals surface area contributed by atoms with E-state index in [2.05, 4.69) is 47.2 Å². The average Bonchev–Trinajstić information content (AvgIpc) is 3.09. The molecule has 1 aromatic rings. The second-order valence-electron chi connectivity index (χ2n) is 6.91. The van der Waals surface area contributed by atoms with Gasteiger partial charge >= 0.3 is 0 Å². The fourth-order valence-electron chi connectivity index (χ4n) is 4.36. The van der Waals surface area contributed by atoms with Crippen LogP contribution >= 0.6 is 0 Å². The van der Waals surface area contributed by atoms with Gasteiger partial charge in [-0.05, 0) is 57.8 Å². The lowest BCUT2D eigenvalue weighted by atomic mass is 9.85. The first-order valence-electron chi connectivity index (χ1n) is 8.80. The monoisotopic (exact) mass is 302 g/mol. The number of benzene rings is 1. The number of nitrogens with zero attached hydrogens (tertiary/aromatic N) is 2. The summed E-state index contributed by atoms with van der Waals surface area (Å²) in [7, 11) is 4.19. The molecule has 1 heterocycles. The highest BCUT2D eigenvalue weighted by Crippen LogP contribution is 2.31. The van der Waals surface area contributed by atoms with E-state index >= 15 is 0 Å². The van der Waals surface area contributed by atoms with E-state index in [-0.39, 0.29) is 0 Å². The molecule has 1 aromatic carbocycles. The molecule has 0 spiro atoms. The van der Waals surface area contributed by atoms with Crippen molar-refractivity contribution in [2.24, 2.45) is 0 Å². The molecule has 3 atom stereocenters. The Morgan fingerprint density at radius 3 is 2.50 bits per heavy atom. The Bertz CT molecular complexity index is 442. The predicted octanol–water partition coefficient (Wildman–Crippen LogP) is 3.15. The van der Waals surface area contributed by atoms with Crippen molar-refractivity contribution in [3.63, 3.8) is 0 Å². The van der Waals surface area contributed by atoms with E-state index < -0.39 is 0 Å². The van der Waals surface area contributed by atoms with Crippen molar-refractivity contribution >= 4 is 0 Å². The summed E-state index contributed by atoms with van der Waals surface area (Å²) in [6.45, 7) is 3.53. The van der Waals surface area contributed by atoms with Crippen molar-refractivity contribution in [3.05, 3.63) is 35.9 Å². The van der Waals surface area contributed by atoms with E-state index in [1.165, 1.54) is 50.8 Å². The van der Waals surface area contributed by atoms with Crippen molar-refractivity contribution < 1.29 is 4.74 Å². The normalized spacial score (nSPS) is 30.0. The Balaban J connectivity index is 1.73. The topological polar surface area (TPSA) is 15.7 Å². The first kappa shape index (κ1) is 16.0. The third kappa shape index (κ3) is 3.53. The van der Waals surface area contributed by atoms with Gasteiger partial charge in [-0.1, -0.05) is 30.3 Å². The predicted molar refractivity (Wildman–Crippen MR) is 90.9 cm³/mol. The second-order valence-corrected chi connectivity index (χ2v) is 6.91. The van der Waals surface area contributed by atoms with Gasteiger partial charge in [0.2, 0.25) is 0 Å². The number of methoxy groups -OCH3 is 1. The summed E-state index contributed by atoms with van der Waals surface area (Å²) < 4.78 is 5.88. The van der Waals surface area contributed by atoms with Crippen LogP contribution in [0, 0.1) is 0 Å². The average molecular weight is 302 g/mol. The fraction of sp³-hybridized carbons (Fsp3) is 0.684. The maximum atomic E-state index is 5.88. The summed E-state index contributed by atoms with van der Waals surface area (Å²) in [6.07, 6.45) is 6.89. The van der Waals surface area contributed by atoms with Crippen LogP contribution in [-0.4, -0.2) is 55.2 Å². The highest BCUT2D eigenvalue weighted by Gasteiger charge is 2.40. The van der Waals surface area contributed by atoms with E-state index in [4.69, 9.17) is 4.74 Å². The van der Waals surface area contributed by atoms with Crippen LogP contribution in [0.3, 0.4) is 0 Å². The van der Waals surface area contributed by atoms with Crippen molar-refractivity contribution in [2.75, 3.05) is 27.2 Å². The molecule has 0 aromatic heterocycles. The molecule has 3 unspecified atom stereocenters. The van der Waals surface area contributed by atoms with E-state index in [0.717, 1.165) is 6.54 Å². The first-order chi connectivity index (χ1) is 10.8. The summed E-state index contributed by atoms with van der Waals surface area (Å²) in [6, 6.07) is 12.0. The van der Waals surface area contributed by atoms with Gasteiger partial charge in [-0.2, -0.15) is 0 Å². The molecule has 0 amide bonds. The molecule has 122 valence electrons. The maximum Gasteiger partial charge on any atom is 0.0741 e. The Morgan fingerprint density at radius 1 is 1.09 bits per heavy atom. The molecule has 1 aliphatic heterocycles. The molecule has 0 bridgehead atoms. The third-order valence-corrected chi connectivity index (χ3v) is 5.47. The van der Waals surface area contributed by atoms with Gasteiger partial charge in [-0.15, -0.1) is 0 Å². The van der Waals surface area contributed by atoms with Crippen LogP contribution in [-0.2, 0) is 11.3 Å². The highest BCUT2D eigenvalue weighted by molar-refractivity contribution is 5.14.